The van der Waals surface area contributed by atoms with E-state index in [-0.39, 0.29) is 5.82 Å². The first-order valence-electron chi connectivity index (χ1n) is 4.59. The molecule has 0 saturated carbocycles. The van der Waals surface area contributed by atoms with Gasteiger partial charge in [-0.05, 0) is 6.92 Å². The molecular weight excluding hydrogens is 260 g/mol. The second-order valence-electron chi connectivity index (χ2n) is 3.29. The van der Waals surface area contributed by atoms with Crippen LogP contribution in [-0.2, 0) is 0 Å². The van der Waals surface area contributed by atoms with Gasteiger partial charge in [0.2, 0.25) is 5.88 Å². The Bertz CT molecular complexity index is 453. The summed E-state index contributed by atoms with van der Waals surface area (Å²) in [5.41, 5.74) is -0.578. The Morgan fingerprint density at radius 1 is 1.56 bits per heavy atom. The second-order valence-corrected chi connectivity index (χ2v) is 3.29. The van der Waals surface area contributed by atoms with E-state index in [9.17, 15) is 22.4 Å². The number of hydrogen-bond acceptors (Lipinski definition) is 4. The quantitative estimate of drug-likeness (QED) is 0.824. The highest BCUT2D eigenvalue weighted by atomic mass is 19.3. The Balaban J connectivity index is 2.90. The van der Waals surface area contributed by atoms with Crippen LogP contribution in [0.3, 0.4) is 0 Å². The minimum Gasteiger partial charge on any atom is -0.477 e. The van der Waals surface area contributed by atoms with Crippen LogP contribution in [0.15, 0.2) is 6.20 Å². The predicted molar refractivity (Wildman–Crippen MR) is 50.2 cm³/mol. The standard InChI is InChI=1S/C9H8F4N2O3/c1-4-14-2-5(7(16)17)6(15-4)18-3-9(12,13)8(10)11/h2,8H,3H2,1H3,(H,16,17). The number of carbonyl (C=O) groups is 1. The average Bonchev–Trinajstić information content (AvgIpc) is 2.26. The lowest BCUT2D eigenvalue weighted by Crippen LogP contribution is -2.34. The fourth-order valence-corrected chi connectivity index (χ4v) is 0.934. The molecule has 1 aromatic rings. The second kappa shape index (κ2) is 5.15. The van der Waals surface area contributed by atoms with Crippen LogP contribution in [0.1, 0.15) is 16.2 Å². The summed E-state index contributed by atoms with van der Waals surface area (Å²) in [6.07, 6.45) is -3.06. The fraction of sp³-hybridized carbons (Fsp3) is 0.444. The zero-order valence-corrected chi connectivity index (χ0v) is 9.03. The monoisotopic (exact) mass is 268 g/mol. The lowest BCUT2D eigenvalue weighted by Gasteiger charge is -2.16. The maximum Gasteiger partial charge on any atom is 0.342 e. The minimum atomic E-state index is -4.38. The van der Waals surface area contributed by atoms with Crippen molar-refractivity contribution >= 4 is 5.97 Å². The molecule has 18 heavy (non-hydrogen) atoms. The number of aromatic nitrogens is 2. The van der Waals surface area contributed by atoms with Crippen LogP contribution in [0.4, 0.5) is 17.6 Å². The van der Waals surface area contributed by atoms with Gasteiger partial charge in [-0.15, -0.1) is 0 Å². The Hall–Kier alpha value is -1.93. The molecule has 0 bridgehead atoms. The number of aryl methyl sites for hydroxylation is 1. The molecule has 5 nitrogen and oxygen atoms in total. The number of hydrogen-bond donors (Lipinski definition) is 1. The largest absolute Gasteiger partial charge is 0.477 e. The maximum absolute atomic E-state index is 12.6. The maximum atomic E-state index is 12.6. The Morgan fingerprint density at radius 3 is 2.67 bits per heavy atom. The van der Waals surface area contributed by atoms with Crippen LogP contribution in [-0.4, -0.2) is 40.0 Å². The molecule has 0 spiro atoms. The molecule has 0 aliphatic carbocycles. The normalized spacial score (nSPS) is 11.7. The summed E-state index contributed by atoms with van der Waals surface area (Å²) in [5.74, 6) is -6.50. The van der Waals surface area contributed by atoms with Crippen LogP contribution in [0.5, 0.6) is 5.88 Å². The summed E-state index contributed by atoms with van der Waals surface area (Å²) in [7, 11) is 0. The first-order valence-corrected chi connectivity index (χ1v) is 4.59. The van der Waals surface area contributed by atoms with E-state index in [1.54, 1.807) is 0 Å². The van der Waals surface area contributed by atoms with Crippen LogP contribution in [0.25, 0.3) is 0 Å². The minimum absolute atomic E-state index is 0.0652. The van der Waals surface area contributed by atoms with Gasteiger partial charge < -0.3 is 9.84 Å². The van der Waals surface area contributed by atoms with Gasteiger partial charge in [0.25, 0.3) is 0 Å². The smallest absolute Gasteiger partial charge is 0.342 e. The molecule has 0 atom stereocenters. The highest BCUT2D eigenvalue weighted by Crippen LogP contribution is 2.24. The predicted octanol–water partition coefficient (Wildman–Crippen LogP) is 1.76. The van der Waals surface area contributed by atoms with Gasteiger partial charge in [0.05, 0.1) is 0 Å². The summed E-state index contributed by atoms with van der Waals surface area (Å²) >= 11 is 0. The molecule has 0 fully saturated rings. The molecule has 0 aliphatic rings. The van der Waals surface area contributed by atoms with Crippen molar-refractivity contribution in [1.82, 2.24) is 9.97 Å². The van der Waals surface area contributed by atoms with E-state index < -0.39 is 36.4 Å². The third-order valence-electron chi connectivity index (χ3n) is 1.83. The number of carboxylic acid groups (broad SMARTS) is 1. The zero-order chi connectivity index (χ0) is 13.9. The van der Waals surface area contributed by atoms with Crippen molar-refractivity contribution in [3.63, 3.8) is 0 Å². The van der Waals surface area contributed by atoms with Crippen molar-refractivity contribution in [3.05, 3.63) is 17.6 Å². The highest BCUT2D eigenvalue weighted by Gasteiger charge is 2.42. The van der Waals surface area contributed by atoms with E-state index in [0.29, 0.717) is 0 Å². The summed E-state index contributed by atoms with van der Waals surface area (Å²) in [4.78, 5) is 17.7. The van der Waals surface area contributed by atoms with Crippen molar-refractivity contribution in [2.75, 3.05) is 6.61 Å². The average molecular weight is 268 g/mol. The van der Waals surface area contributed by atoms with Gasteiger partial charge in [-0.3, -0.25) is 0 Å². The first kappa shape index (κ1) is 14.1. The van der Waals surface area contributed by atoms with Gasteiger partial charge in [0.1, 0.15) is 11.4 Å². The van der Waals surface area contributed by atoms with Gasteiger partial charge >= 0.3 is 18.3 Å². The lowest BCUT2D eigenvalue weighted by molar-refractivity contribution is -0.148. The first-order chi connectivity index (χ1) is 8.24. The fourth-order valence-electron chi connectivity index (χ4n) is 0.934. The van der Waals surface area contributed by atoms with Crippen LogP contribution >= 0.6 is 0 Å². The summed E-state index contributed by atoms with van der Waals surface area (Å²) in [6, 6.07) is 0. The van der Waals surface area contributed by atoms with Crippen molar-refractivity contribution in [3.8, 4) is 5.88 Å². The number of ether oxygens (including phenoxy) is 1. The zero-order valence-electron chi connectivity index (χ0n) is 9.03. The molecule has 0 unspecified atom stereocenters. The molecule has 100 valence electrons. The van der Waals surface area contributed by atoms with Gasteiger partial charge in [-0.1, -0.05) is 0 Å². The number of alkyl halides is 4. The topological polar surface area (TPSA) is 72.3 Å². The third kappa shape index (κ3) is 3.28. The van der Waals surface area contributed by atoms with E-state index in [0.717, 1.165) is 6.20 Å². The Labute approximate surface area is 98.4 Å². The van der Waals surface area contributed by atoms with Crippen molar-refractivity contribution in [1.29, 1.82) is 0 Å². The van der Waals surface area contributed by atoms with Gasteiger partial charge in [-0.25, -0.2) is 18.6 Å². The summed E-state index contributed by atoms with van der Waals surface area (Å²) in [5, 5.41) is 8.70. The molecule has 0 saturated heterocycles. The lowest BCUT2D eigenvalue weighted by atomic mass is 10.3. The van der Waals surface area contributed by atoms with Crippen molar-refractivity contribution < 1.29 is 32.2 Å². The van der Waals surface area contributed by atoms with Gasteiger partial charge in [0.15, 0.2) is 6.61 Å². The van der Waals surface area contributed by atoms with Gasteiger partial charge in [0, 0.05) is 6.20 Å². The highest BCUT2D eigenvalue weighted by molar-refractivity contribution is 5.89. The summed E-state index contributed by atoms with van der Waals surface area (Å²) in [6.45, 7) is -0.300. The molecule has 0 aromatic carbocycles. The number of rotatable bonds is 5. The summed E-state index contributed by atoms with van der Waals surface area (Å²) < 4.78 is 53.3. The van der Waals surface area contributed by atoms with Gasteiger partial charge in [-0.2, -0.15) is 13.8 Å². The Kier molecular flexibility index (Phi) is 4.04. The van der Waals surface area contributed by atoms with Crippen molar-refractivity contribution in [2.45, 2.75) is 19.3 Å². The van der Waals surface area contributed by atoms with E-state index in [4.69, 9.17) is 5.11 Å². The number of aromatic carboxylic acids is 1. The van der Waals surface area contributed by atoms with Crippen LogP contribution < -0.4 is 4.74 Å². The molecule has 1 heterocycles. The third-order valence-corrected chi connectivity index (χ3v) is 1.83. The molecule has 1 aromatic heterocycles. The van der Waals surface area contributed by atoms with E-state index in [1.807, 2.05) is 0 Å². The molecule has 1 N–H and O–H groups in total. The van der Waals surface area contributed by atoms with Crippen LogP contribution in [0, 0.1) is 6.92 Å². The van der Waals surface area contributed by atoms with E-state index in [1.165, 1.54) is 6.92 Å². The molecule has 0 amide bonds. The number of nitrogens with zero attached hydrogens (tertiary/aromatic N) is 2. The number of carboxylic acids is 1. The molecular formula is C9H8F4N2O3. The molecule has 9 heteroatoms. The van der Waals surface area contributed by atoms with Crippen molar-refractivity contribution in [2.24, 2.45) is 0 Å². The molecule has 0 aliphatic heterocycles. The van der Waals surface area contributed by atoms with Crippen LogP contribution in [0.2, 0.25) is 0 Å². The SMILES string of the molecule is Cc1ncc(C(=O)O)c(OCC(F)(F)C(F)F)n1. The number of halogens is 4. The van der Waals surface area contributed by atoms with E-state index in [2.05, 4.69) is 14.7 Å². The van der Waals surface area contributed by atoms with E-state index >= 15 is 0 Å². The molecule has 1 rings (SSSR count). The Morgan fingerprint density at radius 2 is 2.17 bits per heavy atom. The molecule has 0 radical (unpaired) electrons.